The predicted octanol–water partition coefficient (Wildman–Crippen LogP) is 3.58. The molecule has 0 aliphatic carbocycles. The average molecular weight is 398 g/mol. The number of nitrogens with zero attached hydrogens (tertiary/aromatic N) is 5. The van der Waals surface area contributed by atoms with Gasteiger partial charge in [0.1, 0.15) is 5.56 Å². The first-order valence-corrected chi connectivity index (χ1v) is 9.87. The van der Waals surface area contributed by atoms with Crippen LogP contribution in [0.4, 0.5) is 5.69 Å². The van der Waals surface area contributed by atoms with E-state index in [1.165, 1.54) is 5.56 Å². The van der Waals surface area contributed by atoms with E-state index in [2.05, 4.69) is 21.9 Å². The molecule has 1 aromatic carbocycles. The normalized spacial score (nSPS) is 14.8. The molecule has 0 spiro atoms. The third-order valence-corrected chi connectivity index (χ3v) is 5.60. The molecule has 1 amide bonds. The number of amides is 1. The molecule has 0 unspecified atom stereocenters. The number of halogens is 1. The third-order valence-electron chi connectivity index (χ3n) is 5.36. The van der Waals surface area contributed by atoms with Gasteiger partial charge in [-0.2, -0.15) is 5.10 Å². The Morgan fingerprint density at radius 1 is 1.04 bits per heavy atom. The molecule has 7 heteroatoms. The average Bonchev–Trinajstić information content (AvgIpc) is 2.99. The van der Waals surface area contributed by atoms with Gasteiger partial charge in [0.15, 0.2) is 5.65 Å². The first-order valence-electron chi connectivity index (χ1n) is 9.49. The molecule has 0 bridgehead atoms. The number of benzene rings is 1. The van der Waals surface area contributed by atoms with Crippen molar-refractivity contribution in [3.05, 3.63) is 57.5 Å². The lowest BCUT2D eigenvalue weighted by atomic mass is 10.1. The summed E-state index contributed by atoms with van der Waals surface area (Å²) in [5, 5.41) is 5.27. The van der Waals surface area contributed by atoms with Gasteiger partial charge in [0, 0.05) is 48.3 Å². The summed E-state index contributed by atoms with van der Waals surface area (Å²) in [4.78, 5) is 22.1. The van der Waals surface area contributed by atoms with Gasteiger partial charge in [0.05, 0.1) is 5.69 Å². The molecular formula is C21H24ClN5O. The van der Waals surface area contributed by atoms with Crippen molar-refractivity contribution in [2.75, 3.05) is 31.1 Å². The maximum atomic E-state index is 13.3. The van der Waals surface area contributed by atoms with Crippen LogP contribution in [0.1, 0.15) is 33.0 Å². The fourth-order valence-corrected chi connectivity index (χ4v) is 4.08. The molecule has 6 nitrogen and oxygen atoms in total. The van der Waals surface area contributed by atoms with Crippen LogP contribution in [-0.4, -0.2) is 51.6 Å². The van der Waals surface area contributed by atoms with Crippen LogP contribution in [0.25, 0.3) is 5.65 Å². The molecule has 1 saturated heterocycles. The summed E-state index contributed by atoms with van der Waals surface area (Å²) in [6.45, 7) is 10.8. The second kappa shape index (κ2) is 7.09. The number of carbonyl (C=O) groups is 1. The van der Waals surface area contributed by atoms with Gasteiger partial charge in [-0.15, -0.1) is 0 Å². The van der Waals surface area contributed by atoms with Crippen molar-refractivity contribution in [2.24, 2.45) is 0 Å². The fourth-order valence-electron chi connectivity index (χ4n) is 3.91. The van der Waals surface area contributed by atoms with Gasteiger partial charge >= 0.3 is 0 Å². The van der Waals surface area contributed by atoms with Crippen LogP contribution >= 0.6 is 11.6 Å². The van der Waals surface area contributed by atoms with E-state index in [4.69, 9.17) is 11.6 Å². The number of aromatic nitrogens is 3. The van der Waals surface area contributed by atoms with Gasteiger partial charge < -0.3 is 9.80 Å². The van der Waals surface area contributed by atoms with Crippen molar-refractivity contribution < 1.29 is 4.79 Å². The van der Waals surface area contributed by atoms with Crippen LogP contribution < -0.4 is 4.90 Å². The lowest BCUT2D eigenvalue weighted by molar-refractivity contribution is 0.0748. The molecule has 1 fully saturated rings. The van der Waals surface area contributed by atoms with Crippen LogP contribution in [0.15, 0.2) is 24.3 Å². The quantitative estimate of drug-likeness (QED) is 0.663. The summed E-state index contributed by atoms with van der Waals surface area (Å²) in [5.74, 6) is 0.00691. The molecule has 28 heavy (non-hydrogen) atoms. The fraction of sp³-hybridized carbons (Fsp3) is 0.381. The van der Waals surface area contributed by atoms with Crippen LogP contribution in [0, 0.1) is 27.7 Å². The molecule has 146 valence electrons. The summed E-state index contributed by atoms with van der Waals surface area (Å²) >= 11 is 6.17. The molecule has 0 atom stereocenters. The molecule has 0 N–H and O–H groups in total. The number of rotatable bonds is 2. The minimum Gasteiger partial charge on any atom is -0.368 e. The monoisotopic (exact) mass is 397 g/mol. The van der Waals surface area contributed by atoms with Crippen LogP contribution in [0.2, 0.25) is 5.02 Å². The minimum atomic E-state index is 0.00691. The number of piperazine rings is 1. The zero-order valence-electron chi connectivity index (χ0n) is 16.7. The highest BCUT2D eigenvalue weighted by molar-refractivity contribution is 6.30. The molecule has 3 aromatic rings. The molecule has 2 aromatic heterocycles. The smallest absolute Gasteiger partial charge is 0.259 e. The highest BCUT2D eigenvalue weighted by atomic mass is 35.5. The highest BCUT2D eigenvalue weighted by Gasteiger charge is 2.28. The van der Waals surface area contributed by atoms with Crippen molar-refractivity contribution >= 4 is 28.8 Å². The Hall–Kier alpha value is -2.60. The first kappa shape index (κ1) is 18.7. The molecule has 4 rings (SSSR count). The van der Waals surface area contributed by atoms with E-state index in [0.29, 0.717) is 24.3 Å². The van der Waals surface area contributed by atoms with Crippen LogP contribution in [0.3, 0.4) is 0 Å². The summed E-state index contributed by atoms with van der Waals surface area (Å²) in [6, 6.07) is 7.91. The van der Waals surface area contributed by atoms with Gasteiger partial charge in [-0.1, -0.05) is 17.7 Å². The number of carbonyl (C=O) groups excluding carboxylic acids is 1. The van der Waals surface area contributed by atoms with E-state index in [0.717, 1.165) is 40.9 Å². The van der Waals surface area contributed by atoms with Gasteiger partial charge in [-0.3, -0.25) is 4.79 Å². The first-order chi connectivity index (χ1) is 13.3. The zero-order valence-corrected chi connectivity index (χ0v) is 17.4. The molecular weight excluding hydrogens is 374 g/mol. The van der Waals surface area contributed by atoms with Crippen molar-refractivity contribution in [2.45, 2.75) is 27.7 Å². The number of anilines is 1. The van der Waals surface area contributed by atoms with E-state index in [1.807, 2.05) is 49.9 Å². The summed E-state index contributed by atoms with van der Waals surface area (Å²) < 4.78 is 1.77. The molecule has 0 saturated carbocycles. The van der Waals surface area contributed by atoms with Gasteiger partial charge in [-0.05, 0) is 51.5 Å². The lowest BCUT2D eigenvalue weighted by Gasteiger charge is -2.36. The SMILES string of the molecule is Cc1cc(C)n2nc(C)c(C(=O)N3CCN(c4cc(Cl)ccc4C)CC3)c2n1. The Morgan fingerprint density at radius 3 is 2.46 bits per heavy atom. The predicted molar refractivity (Wildman–Crippen MR) is 112 cm³/mol. The van der Waals surface area contributed by atoms with Crippen LogP contribution in [-0.2, 0) is 0 Å². The Morgan fingerprint density at radius 2 is 1.75 bits per heavy atom. The number of hydrogen-bond acceptors (Lipinski definition) is 4. The standard InChI is InChI=1S/C21H24ClN5O/c1-13-5-6-17(22)12-18(13)25-7-9-26(10-8-25)21(28)19-16(4)24-27-15(3)11-14(2)23-20(19)27/h5-6,11-12H,7-10H2,1-4H3. The Bertz CT molecular complexity index is 1070. The Kier molecular flexibility index (Phi) is 4.75. The minimum absolute atomic E-state index is 0.00691. The van der Waals surface area contributed by atoms with Gasteiger partial charge in [-0.25, -0.2) is 9.50 Å². The van der Waals surface area contributed by atoms with E-state index in [-0.39, 0.29) is 5.91 Å². The van der Waals surface area contributed by atoms with E-state index < -0.39 is 0 Å². The third kappa shape index (κ3) is 3.22. The van der Waals surface area contributed by atoms with Gasteiger partial charge in [0.25, 0.3) is 5.91 Å². The maximum Gasteiger partial charge on any atom is 0.259 e. The van der Waals surface area contributed by atoms with E-state index >= 15 is 0 Å². The Balaban J connectivity index is 1.57. The number of hydrogen-bond donors (Lipinski definition) is 0. The molecule has 0 radical (unpaired) electrons. The van der Waals surface area contributed by atoms with Crippen molar-refractivity contribution in [1.82, 2.24) is 19.5 Å². The van der Waals surface area contributed by atoms with Crippen molar-refractivity contribution in [3.63, 3.8) is 0 Å². The number of fused-ring (bicyclic) bond motifs is 1. The Labute approximate surface area is 169 Å². The molecule has 1 aliphatic rings. The largest absolute Gasteiger partial charge is 0.368 e. The summed E-state index contributed by atoms with van der Waals surface area (Å²) in [6.07, 6.45) is 0. The number of aryl methyl sites for hydroxylation is 4. The summed E-state index contributed by atoms with van der Waals surface area (Å²) in [7, 11) is 0. The van der Waals surface area contributed by atoms with Gasteiger partial charge in [0.2, 0.25) is 0 Å². The second-order valence-electron chi connectivity index (χ2n) is 7.44. The summed E-state index contributed by atoms with van der Waals surface area (Å²) in [5.41, 5.74) is 6.18. The van der Waals surface area contributed by atoms with Crippen LogP contribution in [0.5, 0.6) is 0 Å². The van der Waals surface area contributed by atoms with Crippen molar-refractivity contribution in [1.29, 1.82) is 0 Å². The lowest BCUT2D eigenvalue weighted by Crippen LogP contribution is -2.49. The zero-order chi connectivity index (χ0) is 20.0. The maximum absolute atomic E-state index is 13.3. The topological polar surface area (TPSA) is 53.7 Å². The van der Waals surface area contributed by atoms with Crippen molar-refractivity contribution in [3.8, 4) is 0 Å². The second-order valence-corrected chi connectivity index (χ2v) is 7.88. The molecule has 3 heterocycles. The van der Waals surface area contributed by atoms with E-state index in [1.54, 1.807) is 4.52 Å². The molecule has 1 aliphatic heterocycles. The highest BCUT2D eigenvalue weighted by Crippen LogP contribution is 2.26. The van der Waals surface area contributed by atoms with E-state index in [9.17, 15) is 4.79 Å².